The highest BCUT2D eigenvalue weighted by molar-refractivity contribution is 6.17. The normalized spacial score (nSPS) is 11.8. The van der Waals surface area contributed by atoms with Crippen molar-refractivity contribution in [1.29, 1.82) is 0 Å². The van der Waals surface area contributed by atoms with Gasteiger partial charge in [-0.3, -0.25) is 0 Å². The maximum Gasteiger partial charge on any atom is 0.227 e. The molecule has 0 unspecified atom stereocenters. The highest BCUT2D eigenvalue weighted by atomic mass is 16.4. The van der Waals surface area contributed by atoms with Crippen molar-refractivity contribution in [2.24, 2.45) is 0 Å². The molecule has 7 aromatic carbocycles. The maximum atomic E-state index is 6.28. The Kier molecular flexibility index (Phi) is 5.81. The smallest absolute Gasteiger partial charge is 0.227 e. The second kappa shape index (κ2) is 10.5. The number of hydrogen-bond acceptors (Lipinski definition) is 5. The average molecular weight is 619 g/mol. The summed E-state index contributed by atoms with van der Waals surface area (Å²) in [5.74, 6) is 0.598. The summed E-state index contributed by atoms with van der Waals surface area (Å²) >= 11 is 0. The molecule has 10 rings (SSSR count). The standard InChI is InChI=1S/C43H26N2O3/c1-3-10-28(11-4-1)43-44-42-39(48-43)25-24-38-41(42)33-26-29(20-23-36(33)47-38)27-18-21-31(22-19-27)45(30-12-5-2-6-13-30)34-15-9-17-37-40(34)32-14-7-8-16-35(32)46-37/h1-26H. The van der Waals surface area contributed by atoms with E-state index in [4.69, 9.17) is 18.2 Å². The van der Waals surface area contributed by atoms with Crippen molar-refractivity contribution in [3.8, 4) is 22.6 Å². The lowest BCUT2D eigenvalue weighted by molar-refractivity contribution is 0.619. The lowest BCUT2D eigenvalue weighted by Crippen LogP contribution is -2.10. The number of aromatic nitrogens is 1. The monoisotopic (exact) mass is 618 g/mol. The molecule has 0 aliphatic carbocycles. The number of furan rings is 2. The molecule has 5 nitrogen and oxygen atoms in total. The maximum absolute atomic E-state index is 6.28. The highest BCUT2D eigenvalue weighted by Gasteiger charge is 2.20. The third-order valence-corrected chi connectivity index (χ3v) is 9.11. The number of oxazole rings is 1. The zero-order chi connectivity index (χ0) is 31.6. The molecule has 0 aliphatic rings. The summed E-state index contributed by atoms with van der Waals surface area (Å²) in [6.07, 6.45) is 0. The van der Waals surface area contributed by atoms with Crippen molar-refractivity contribution in [3.63, 3.8) is 0 Å². The molecular formula is C43H26N2O3. The Bertz CT molecular complexity index is 2770. The number of para-hydroxylation sites is 2. The molecule has 0 aliphatic heterocycles. The van der Waals surface area contributed by atoms with Crippen LogP contribution in [0.5, 0.6) is 0 Å². The Morgan fingerprint density at radius 3 is 1.85 bits per heavy atom. The van der Waals surface area contributed by atoms with E-state index in [0.29, 0.717) is 5.89 Å². The Morgan fingerprint density at radius 1 is 0.396 bits per heavy atom. The number of fused-ring (bicyclic) bond motifs is 8. The molecule has 0 fully saturated rings. The molecule has 10 aromatic rings. The van der Waals surface area contributed by atoms with Crippen LogP contribution < -0.4 is 4.90 Å². The minimum absolute atomic E-state index is 0.598. The fourth-order valence-electron chi connectivity index (χ4n) is 6.89. The van der Waals surface area contributed by atoms with Gasteiger partial charge in [-0.1, -0.05) is 78.9 Å². The van der Waals surface area contributed by atoms with Gasteiger partial charge in [-0.25, -0.2) is 4.98 Å². The first kappa shape index (κ1) is 26.6. The van der Waals surface area contributed by atoms with Crippen LogP contribution >= 0.6 is 0 Å². The van der Waals surface area contributed by atoms with Gasteiger partial charge in [-0.05, 0) is 90.0 Å². The van der Waals surface area contributed by atoms with Gasteiger partial charge in [0.2, 0.25) is 5.89 Å². The molecule has 0 radical (unpaired) electrons. The molecule has 226 valence electrons. The van der Waals surface area contributed by atoms with Gasteiger partial charge < -0.3 is 18.2 Å². The van der Waals surface area contributed by atoms with Gasteiger partial charge in [0.25, 0.3) is 0 Å². The molecule has 3 heterocycles. The lowest BCUT2D eigenvalue weighted by atomic mass is 10.0. The van der Waals surface area contributed by atoms with Crippen molar-refractivity contribution >= 4 is 72.0 Å². The van der Waals surface area contributed by atoms with Gasteiger partial charge in [0.05, 0.1) is 16.5 Å². The minimum atomic E-state index is 0.598. The first-order chi connectivity index (χ1) is 23.8. The van der Waals surface area contributed by atoms with Gasteiger partial charge in [-0.15, -0.1) is 0 Å². The summed E-state index contributed by atoms with van der Waals surface area (Å²) < 4.78 is 18.7. The molecule has 0 N–H and O–H groups in total. The van der Waals surface area contributed by atoms with E-state index in [0.717, 1.165) is 88.7 Å². The fourth-order valence-corrected chi connectivity index (χ4v) is 6.89. The summed E-state index contributed by atoms with van der Waals surface area (Å²) in [4.78, 5) is 7.22. The molecule has 5 heteroatoms. The highest BCUT2D eigenvalue weighted by Crippen LogP contribution is 2.43. The van der Waals surface area contributed by atoms with E-state index in [9.17, 15) is 0 Å². The van der Waals surface area contributed by atoms with Crippen molar-refractivity contribution in [2.45, 2.75) is 0 Å². The first-order valence-corrected chi connectivity index (χ1v) is 16.0. The summed E-state index contributed by atoms with van der Waals surface area (Å²) in [5.41, 5.74) is 11.2. The second-order valence-electron chi connectivity index (χ2n) is 11.9. The van der Waals surface area contributed by atoms with Crippen LogP contribution in [-0.2, 0) is 0 Å². The number of hydrogen-bond donors (Lipinski definition) is 0. The van der Waals surface area contributed by atoms with Gasteiger partial charge in [-0.2, -0.15) is 0 Å². The molecular weight excluding hydrogens is 592 g/mol. The van der Waals surface area contributed by atoms with Crippen molar-refractivity contribution in [1.82, 2.24) is 4.98 Å². The summed E-state index contributed by atoms with van der Waals surface area (Å²) in [6, 6.07) is 53.9. The largest absolute Gasteiger partial charge is 0.456 e. The Morgan fingerprint density at radius 2 is 1.02 bits per heavy atom. The van der Waals surface area contributed by atoms with Crippen molar-refractivity contribution in [2.75, 3.05) is 4.90 Å². The van der Waals surface area contributed by atoms with E-state index in [1.54, 1.807) is 0 Å². The zero-order valence-corrected chi connectivity index (χ0v) is 25.6. The lowest BCUT2D eigenvalue weighted by Gasteiger charge is -2.26. The van der Waals surface area contributed by atoms with Crippen LogP contribution in [0.25, 0.3) is 77.6 Å². The van der Waals surface area contributed by atoms with Crippen molar-refractivity contribution < 1.29 is 13.3 Å². The molecule has 3 aromatic heterocycles. The molecule has 0 saturated carbocycles. The van der Waals surface area contributed by atoms with Crippen LogP contribution in [-0.4, -0.2) is 4.98 Å². The van der Waals surface area contributed by atoms with Crippen LogP contribution in [0.3, 0.4) is 0 Å². The third-order valence-electron chi connectivity index (χ3n) is 9.11. The topological polar surface area (TPSA) is 55.6 Å². The number of anilines is 3. The molecule has 48 heavy (non-hydrogen) atoms. The summed E-state index contributed by atoms with van der Waals surface area (Å²) in [7, 11) is 0. The van der Waals surface area contributed by atoms with E-state index in [1.807, 2.05) is 72.8 Å². The Hall–Kier alpha value is -6.59. The second-order valence-corrected chi connectivity index (χ2v) is 11.9. The summed E-state index contributed by atoms with van der Waals surface area (Å²) in [6.45, 7) is 0. The van der Waals surface area contributed by atoms with E-state index in [1.165, 1.54) is 0 Å². The van der Waals surface area contributed by atoms with E-state index in [-0.39, 0.29) is 0 Å². The van der Waals surface area contributed by atoms with E-state index in [2.05, 4.69) is 89.8 Å². The molecule has 0 amide bonds. The quantitative estimate of drug-likeness (QED) is 0.192. The minimum Gasteiger partial charge on any atom is -0.456 e. The predicted octanol–water partition coefficient (Wildman–Crippen LogP) is 12.4. The first-order valence-electron chi connectivity index (χ1n) is 16.0. The molecule has 0 bridgehead atoms. The Labute approximate surface area is 274 Å². The fraction of sp³-hybridized carbons (Fsp3) is 0. The van der Waals surface area contributed by atoms with Crippen LogP contribution in [0.2, 0.25) is 0 Å². The van der Waals surface area contributed by atoms with Gasteiger partial charge in [0.1, 0.15) is 27.8 Å². The van der Waals surface area contributed by atoms with Crippen LogP contribution in [0.15, 0.2) is 171 Å². The third kappa shape index (κ3) is 4.15. The number of benzene rings is 7. The van der Waals surface area contributed by atoms with Crippen LogP contribution in [0, 0.1) is 0 Å². The van der Waals surface area contributed by atoms with Gasteiger partial charge in [0.15, 0.2) is 5.58 Å². The molecule has 0 atom stereocenters. The molecule has 0 spiro atoms. The average Bonchev–Trinajstić information content (AvgIpc) is 3.86. The number of rotatable bonds is 5. The van der Waals surface area contributed by atoms with E-state index < -0.39 is 0 Å². The van der Waals surface area contributed by atoms with E-state index >= 15 is 0 Å². The zero-order valence-electron chi connectivity index (χ0n) is 25.6. The molecule has 0 saturated heterocycles. The number of nitrogens with zero attached hydrogens (tertiary/aromatic N) is 2. The summed E-state index contributed by atoms with van der Waals surface area (Å²) in [5, 5.41) is 4.16. The van der Waals surface area contributed by atoms with Crippen molar-refractivity contribution in [3.05, 3.63) is 158 Å². The SMILES string of the molecule is c1ccc(-c2nc3c(ccc4oc5ccc(-c6ccc(N(c7ccccc7)c7cccc8oc9ccccc9c78)cc6)cc5c43)o2)cc1. The van der Waals surface area contributed by atoms with Crippen LogP contribution in [0.4, 0.5) is 17.1 Å². The van der Waals surface area contributed by atoms with Gasteiger partial charge in [0, 0.05) is 27.7 Å². The van der Waals surface area contributed by atoms with Crippen LogP contribution in [0.1, 0.15) is 0 Å². The van der Waals surface area contributed by atoms with Gasteiger partial charge >= 0.3 is 0 Å². The Balaban J connectivity index is 1.09. The predicted molar refractivity (Wildman–Crippen MR) is 194 cm³/mol.